The summed E-state index contributed by atoms with van der Waals surface area (Å²) in [6.07, 6.45) is 1.67. The number of pyridine rings is 1. The number of carbonyl (C=O) groups is 2. The Labute approximate surface area is 137 Å². The van der Waals surface area contributed by atoms with Crippen molar-refractivity contribution in [2.75, 3.05) is 12.4 Å². The van der Waals surface area contributed by atoms with E-state index in [9.17, 15) is 14.0 Å². The molecule has 1 N–H and O–H groups in total. The Balaban J connectivity index is 1.84. The van der Waals surface area contributed by atoms with E-state index in [2.05, 4.69) is 15.0 Å². The van der Waals surface area contributed by atoms with Crippen LogP contribution in [0.15, 0.2) is 54.7 Å². The second kappa shape index (κ2) is 6.45. The Bertz CT molecular complexity index is 940. The monoisotopic (exact) mass is 324 g/mol. The summed E-state index contributed by atoms with van der Waals surface area (Å²) in [5.74, 6) is -1.81. The van der Waals surface area contributed by atoms with Crippen molar-refractivity contribution in [3.05, 3.63) is 71.7 Å². The van der Waals surface area contributed by atoms with Crippen LogP contribution in [0.25, 0.3) is 10.9 Å². The standard InChI is InChI=1S/C18H13FN2O3/c1-24-18(23)13-5-7-16(14(19)10-13)21-17(22)12-4-6-15-11(9-12)3-2-8-20-15/h2-10H,1H3,(H,21,22). The minimum atomic E-state index is -0.714. The van der Waals surface area contributed by atoms with Crippen LogP contribution < -0.4 is 5.32 Å². The van der Waals surface area contributed by atoms with E-state index in [1.165, 1.54) is 19.2 Å². The molecule has 1 aromatic heterocycles. The highest BCUT2D eigenvalue weighted by molar-refractivity contribution is 6.06. The molecular weight excluding hydrogens is 311 g/mol. The number of ether oxygens (including phenoxy) is 1. The molecule has 0 spiro atoms. The molecular formula is C18H13FN2O3. The zero-order valence-electron chi connectivity index (χ0n) is 12.7. The van der Waals surface area contributed by atoms with Crippen LogP contribution in [0.5, 0.6) is 0 Å². The van der Waals surface area contributed by atoms with Crippen LogP contribution in [-0.4, -0.2) is 24.0 Å². The summed E-state index contributed by atoms with van der Waals surface area (Å²) < 4.78 is 18.6. The van der Waals surface area contributed by atoms with Gasteiger partial charge in [-0.15, -0.1) is 0 Å². The summed E-state index contributed by atoms with van der Waals surface area (Å²) in [5, 5.41) is 3.30. The van der Waals surface area contributed by atoms with E-state index in [0.29, 0.717) is 5.56 Å². The molecule has 3 rings (SSSR count). The lowest BCUT2D eigenvalue weighted by atomic mass is 10.1. The van der Waals surface area contributed by atoms with E-state index in [0.717, 1.165) is 17.0 Å². The van der Waals surface area contributed by atoms with Crippen molar-refractivity contribution in [2.24, 2.45) is 0 Å². The average Bonchev–Trinajstić information content (AvgIpc) is 2.62. The molecule has 0 aliphatic rings. The minimum absolute atomic E-state index is 0.0149. The van der Waals surface area contributed by atoms with Crippen LogP contribution in [0, 0.1) is 5.82 Å². The van der Waals surface area contributed by atoms with Gasteiger partial charge in [-0.05, 0) is 42.5 Å². The number of fused-ring (bicyclic) bond motifs is 1. The number of anilines is 1. The number of hydrogen-bond acceptors (Lipinski definition) is 4. The minimum Gasteiger partial charge on any atom is -0.465 e. The molecule has 0 radical (unpaired) electrons. The number of nitrogens with one attached hydrogen (secondary N) is 1. The number of amides is 1. The van der Waals surface area contributed by atoms with Crippen LogP contribution in [0.1, 0.15) is 20.7 Å². The van der Waals surface area contributed by atoms with Gasteiger partial charge in [-0.3, -0.25) is 9.78 Å². The lowest BCUT2D eigenvalue weighted by Gasteiger charge is -2.08. The molecule has 5 nitrogen and oxygen atoms in total. The van der Waals surface area contributed by atoms with Gasteiger partial charge in [0.25, 0.3) is 5.91 Å². The SMILES string of the molecule is COC(=O)c1ccc(NC(=O)c2ccc3ncccc3c2)c(F)c1. The predicted molar refractivity (Wildman–Crippen MR) is 87.4 cm³/mol. The Hall–Kier alpha value is -3.28. The van der Waals surface area contributed by atoms with Gasteiger partial charge in [0.05, 0.1) is 23.9 Å². The molecule has 0 aliphatic carbocycles. The van der Waals surface area contributed by atoms with Crippen LogP contribution >= 0.6 is 0 Å². The van der Waals surface area contributed by atoms with E-state index in [4.69, 9.17) is 0 Å². The van der Waals surface area contributed by atoms with Gasteiger partial charge in [-0.1, -0.05) is 6.07 Å². The molecule has 120 valence electrons. The summed E-state index contributed by atoms with van der Waals surface area (Å²) in [6.45, 7) is 0. The van der Waals surface area contributed by atoms with Crippen molar-refractivity contribution in [1.82, 2.24) is 4.98 Å². The molecule has 3 aromatic rings. The zero-order valence-corrected chi connectivity index (χ0v) is 12.7. The smallest absolute Gasteiger partial charge is 0.337 e. The van der Waals surface area contributed by atoms with Crippen molar-refractivity contribution >= 4 is 28.5 Å². The molecule has 0 fully saturated rings. The number of hydrogen-bond donors (Lipinski definition) is 1. The van der Waals surface area contributed by atoms with E-state index in [1.54, 1.807) is 30.5 Å². The molecule has 0 saturated heterocycles. The van der Waals surface area contributed by atoms with Crippen LogP contribution in [-0.2, 0) is 4.74 Å². The number of benzene rings is 2. The summed E-state index contributed by atoms with van der Waals surface area (Å²) in [7, 11) is 1.21. The quantitative estimate of drug-likeness (QED) is 0.750. The predicted octanol–water partition coefficient (Wildman–Crippen LogP) is 3.41. The van der Waals surface area contributed by atoms with Gasteiger partial charge in [0, 0.05) is 17.1 Å². The summed E-state index contributed by atoms with van der Waals surface area (Å²) in [4.78, 5) is 27.8. The van der Waals surface area contributed by atoms with Crippen LogP contribution in [0.3, 0.4) is 0 Å². The Morgan fingerprint density at radius 1 is 1.08 bits per heavy atom. The van der Waals surface area contributed by atoms with Crippen LogP contribution in [0.2, 0.25) is 0 Å². The molecule has 2 aromatic carbocycles. The fraction of sp³-hybridized carbons (Fsp3) is 0.0556. The summed E-state index contributed by atoms with van der Waals surface area (Å²) in [6, 6.07) is 12.4. The summed E-state index contributed by atoms with van der Waals surface area (Å²) >= 11 is 0. The highest BCUT2D eigenvalue weighted by atomic mass is 19.1. The van der Waals surface area contributed by atoms with Gasteiger partial charge in [0.1, 0.15) is 5.82 Å². The van der Waals surface area contributed by atoms with Crippen molar-refractivity contribution in [3.63, 3.8) is 0 Å². The largest absolute Gasteiger partial charge is 0.465 e. The zero-order chi connectivity index (χ0) is 17.1. The van der Waals surface area contributed by atoms with Crippen molar-refractivity contribution < 1.29 is 18.7 Å². The van der Waals surface area contributed by atoms with Crippen molar-refractivity contribution in [1.29, 1.82) is 0 Å². The number of aromatic nitrogens is 1. The number of carbonyl (C=O) groups excluding carboxylic acids is 2. The maximum Gasteiger partial charge on any atom is 0.337 e. The lowest BCUT2D eigenvalue weighted by Crippen LogP contribution is -2.13. The molecule has 0 aliphatic heterocycles. The van der Waals surface area contributed by atoms with E-state index >= 15 is 0 Å². The Kier molecular flexibility index (Phi) is 4.20. The first-order chi connectivity index (χ1) is 11.6. The molecule has 0 unspecified atom stereocenters. The normalized spacial score (nSPS) is 10.4. The van der Waals surface area contributed by atoms with Gasteiger partial charge >= 0.3 is 5.97 Å². The number of rotatable bonds is 3. The van der Waals surface area contributed by atoms with Gasteiger partial charge in [0.2, 0.25) is 0 Å². The number of halogens is 1. The fourth-order valence-corrected chi connectivity index (χ4v) is 2.27. The third-order valence-electron chi connectivity index (χ3n) is 3.50. The maximum atomic E-state index is 14.0. The number of esters is 1. The first-order valence-electron chi connectivity index (χ1n) is 7.12. The van der Waals surface area contributed by atoms with Gasteiger partial charge in [0.15, 0.2) is 0 Å². The average molecular weight is 324 g/mol. The third kappa shape index (κ3) is 3.08. The lowest BCUT2D eigenvalue weighted by molar-refractivity contribution is 0.0600. The Morgan fingerprint density at radius 2 is 1.88 bits per heavy atom. The number of nitrogens with zero attached hydrogens (tertiary/aromatic N) is 1. The first-order valence-corrected chi connectivity index (χ1v) is 7.12. The van der Waals surface area contributed by atoms with Gasteiger partial charge < -0.3 is 10.1 Å². The molecule has 1 amide bonds. The Morgan fingerprint density at radius 3 is 2.62 bits per heavy atom. The van der Waals surface area contributed by atoms with Gasteiger partial charge in [-0.2, -0.15) is 0 Å². The molecule has 0 saturated carbocycles. The second-order valence-corrected chi connectivity index (χ2v) is 5.05. The van der Waals surface area contributed by atoms with Crippen molar-refractivity contribution in [3.8, 4) is 0 Å². The second-order valence-electron chi connectivity index (χ2n) is 5.05. The summed E-state index contributed by atoms with van der Waals surface area (Å²) in [5.41, 5.74) is 1.21. The molecule has 1 heterocycles. The number of methoxy groups -OCH3 is 1. The molecule has 6 heteroatoms. The van der Waals surface area contributed by atoms with Gasteiger partial charge in [-0.25, -0.2) is 9.18 Å². The van der Waals surface area contributed by atoms with Crippen molar-refractivity contribution in [2.45, 2.75) is 0 Å². The van der Waals surface area contributed by atoms with E-state index in [-0.39, 0.29) is 11.3 Å². The first kappa shape index (κ1) is 15.6. The van der Waals surface area contributed by atoms with E-state index < -0.39 is 17.7 Å². The van der Waals surface area contributed by atoms with E-state index in [1.807, 2.05) is 6.07 Å². The molecule has 0 atom stereocenters. The highest BCUT2D eigenvalue weighted by Gasteiger charge is 2.13. The highest BCUT2D eigenvalue weighted by Crippen LogP contribution is 2.19. The molecule has 0 bridgehead atoms. The molecule has 24 heavy (non-hydrogen) atoms. The maximum absolute atomic E-state index is 14.0. The topological polar surface area (TPSA) is 68.3 Å². The fourth-order valence-electron chi connectivity index (χ4n) is 2.27. The van der Waals surface area contributed by atoms with Crippen LogP contribution in [0.4, 0.5) is 10.1 Å². The third-order valence-corrected chi connectivity index (χ3v) is 3.50.